The minimum absolute atomic E-state index is 0.599. The predicted molar refractivity (Wildman–Crippen MR) is 70.3 cm³/mol. The van der Waals surface area contributed by atoms with Gasteiger partial charge in [0.15, 0.2) is 0 Å². The second kappa shape index (κ2) is 4.78. The normalized spacial score (nSPS) is 10.9. The van der Waals surface area contributed by atoms with Crippen LogP contribution >= 0.6 is 11.8 Å². The van der Waals surface area contributed by atoms with E-state index in [1.807, 2.05) is 18.3 Å². The molecule has 1 aromatic carbocycles. The van der Waals surface area contributed by atoms with Crippen molar-refractivity contribution in [2.24, 2.45) is 0 Å². The van der Waals surface area contributed by atoms with E-state index in [1.165, 1.54) is 0 Å². The first-order valence-electron chi connectivity index (χ1n) is 5.58. The SMILES string of the molecule is Cc1nnc(CSc2cccc3cccnc23)o1. The van der Waals surface area contributed by atoms with Crippen LogP contribution in [0.1, 0.15) is 11.8 Å². The van der Waals surface area contributed by atoms with Gasteiger partial charge in [-0.1, -0.05) is 18.2 Å². The third-order valence-corrected chi connectivity index (χ3v) is 3.55. The maximum atomic E-state index is 5.35. The molecule has 0 aliphatic carbocycles. The molecular weight excluding hydrogens is 246 g/mol. The standard InChI is InChI=1S/C13H11N3OS/c1-9-15-16-12(17-9)8-18-11-6-2-4-10-5-3-7-14-13(10)11/h2-7H,8H2,1H3. The summed E-state index contributed by atoms with van der Waals surface area (Å²) in [6, 6.07) is 10.2. The molecule has 0 aliphatic heterocycles. The summed E-state index contributed by atoms with van der Waals surface area (Å²) >= 11 is 1.66. The van der Waals surface area contributed by atoms with Gasteiger partial charge in [-0.3, -0.25) is 4.98 Å². The molecule has 0 spiro atoms. The van der Waals surface area contributed by atoms with Crippen molar-refractivity contribution in [3.8, 4) is 0 Å². The fourth-order valence-corrected chi connectivity index (χ4v) is 2.61. The molecule has 0 radical (unpaired) electrons. The molecule has 90 valence electrons. The van der Waals surface area contributed by atoms with Crippen molar-refractivity contribution in [2.75, 3.05) is 0 Å². The molecule has 3 aromatic rings. The fraction of sp³-hybridized carbons (Fsp3) is 0.154. The molecule has 4 nitrogen and oxygen atoms in total. The van der Waals surface area contributed by atoms with Gasteiger partial charge in [-0.25, -0.2) is 0 Å². The summed E-state index contributed by atoms with van der Waals surface area (Å²) in [7, 11) is 0. The number of hydrogen-bond donors (Lipinski definition) is 0. The molecule has 0 saturated carbocycles. The largest absolute Gasteiger partial charge is 0.425 e. The van der Waals surface area contributed by atoms with Gasteiger partial charge in [-0.15, -0.1) is 22.0 Å². The van der Waals surface area contributed by atoms with Crippen LogP contribution in [-0.2, 0) is 5.75 Å². The first-order chi connectivity index (χ1) is 8.83. The Morgan fingerprint density at radius 1 is 1.17 bits per heavy atom. The number of hydrogen-bond acceptors (Lipinski definition) is 5. The summed E-state index contributed by atoms with van der Waals surface area (Å²) in [5.41, 5.74) is 1.02. The molecule has 2 heterocycles. The number of nitrogens with zero attached hydrogens (tertiary/aromatic N) is 3. The Bertz CT molecular complexity index is 675. The van der Waals surface area contributed by atoms with Crippen LogP contribution in [0.4, 0.5) is 0 Å². The van der Waals surface area contributed by atoms with E-state index in [4.69, 9.17) is 4.42 Å². The highest BCUT2D eigenvalue weighted by Crippen LogP contribution is 2.28. The Balaban J connectivity index is 1.86. The third kappa shape index (κ3) is 2.22. The molecule has 3 rings (SSSR count). The van der Waals surface area contributed by atoms with Crippen LogP contribution in [-0.4, -0.2) is 15.2 Å². The van der Waals surface area contributed by atoms with Crippen LogP contribution in [0.15, 0.2) is 45.8 Å². The topological polar surface area (TPSA) is 51.8 Å². The zero-order valence-electron chi connectivity index (χ0n) is 9.83. The third-order valence-electron chi connectivity index (χ3n) is 2.51. The van der Waals surface area contributed by atoms with Crippen molar-refractivity contribution in [1.29, 1.82) is 0 Å². The highest BCUT2D eigenvalue weighted by Gasteiger charge is 2.06. The van der Waals surface area contributed by atoms with Gasteiger partial charge in [0, 0.05) is 23.4 Å². The summed E-state index contributed by atoms with van der Waals surface area (Å²) in [4.78, 5) is 5.54. The number of aryl methyl sites for hydroxylation is 1. The Labute approximate surface area is 108 Å². The molecule has 0 saturated heterocycles. The second-order valence-electron chi connectivity index (χ2n) is 3.83. The summed E-state index contributed by atoms with van der Waals surface area (Å²) in [6.45, 7) is 1.79. The van der Waals surface area contributed by atoms with Gasteiger partial charge in [0.25, 0.3) is 0 Å². The van der Waals surface area contributed by atoms with E-state index in [1.54, 1.807) is 18.7 Å². The molecule has 0 unspecified atom stereocenters. The molecular formula is C13H11N3OS. The molecule has 5 heteroatoms. The Morgan fingerprint density at radius 2 is 2.06 bits per heavy atom. The van der Waals surface area contributed by atoms with E-state index in [0.29, 0.717) is 17.5 Å². The Morgan fingerprint density at radius 3 is 2.89 bits per heavy atom. The maximum Gasteiger partial charge on any atom is 0.226 e. The van der Waals surface area contributed by atoms with Crippen molar-refractivity contribution in [2.45, 2.75) is 17.6 Å². The number of pyridine rings is 1. The molecule has 0 bridgehead atoms. The minimum Gasteiger partial charge on any atom is -0.425 e. The number of aromatic nitrogens is 3. The molecule has 0 fully saturated rings. The lowest BCUT2D eigenvalue weighted by molar-refractivity contribution is 0.485. The first kappa shape index (κ1) is 11.2. The second-order valence-corrected chi connectivity index (χ2v) is 4.85. The van der Waals surface area contributed by atoms with Gasteiger partial charge >= 0.3 is 0 Å². The average Bonchev–Trinajstić information content (AvgIpc) is 2.82. The van der Waals surface area contributed by atoms with Gasteiger partial charge < -0.3 is 4.42 Å². The summed E-state index contributed by atoms with van der Waals surface area (Å²) < 4.78 is 5.35. The van der Waals surface area contributed by atoms with Gasteiger partial charge in [0.1, 0.15) is 0 Å². The zero-order valence-corrected chi connectivity index (χ0v) is 10.6. The fourth-order valence-electron chi connectivity index (χ4n) is 1.73. The lowest BCUT2D eigenvalue weighted by atomic mass is 10.2. The summed E-state index contributed by atoms with van der Waals surface area (Å²) in [5.74, 6) is 1.91. The van der Waals surface area contributed by atoms with Gasteiger partial charge in [0.2, 0.25) is 11.8 Å². The van der Waals surface area contributed by atoms with Crippen LogP contribution in [0.5, 0.6) is 0 Å². The predicted octanol–water partition coefficient (Wildman–Crippen LogP) is 3.22. The minimum atomic E-state index is 0.599. The lowest BCUT2D eigenvalue weighted by Gasteiger charge is -2.03. The molecule has 0 amide bonds. The average molecular weight is 257 g/mol. The van der Waals surface area contributed by atoms with Crippen molar-refractivity contribution in [3.63, 3.8) is 0 Å². The molecule has 0 N–H and O–H groups in total. The van der Waals surface area contributed by atoms with Crippen molar-refractivity contribution >= 4 is 22.7 Å². The lowest BCUT2D eigenvalue weighted by Crippen LogP contribution is -1.84. The van der Waals surface area contributed by atoms with Gasteiger partial charge in [-0.2, -0.15) is 0 Å². The summed E-state index contributed by atoms with van der Waals surface area (Å²) in [5, 5.41) is 8.94. The smallest absolute Gasteiger partial charge is 0.226 e. The zero-order chi connectivity index (χ0) is 12.4. The highest BCUT2D eigenvalue weighted by molar-refractivity contribution is 7.98. The van der Waals surface area contributed by atoms with Gasteiger partial charge in [-0.05, 0) is 12.1 Å². The van der Waals surface area contributed by atoms with Gasteiger partial charge in [0.05, 0.1) is 11.3 Å². The number of benzene rings is 1. The van der Waals surface area contributed by atoms with Crippen LogP contribution in [0, 0.1) is 6.92 Å². The number of thioether (sulfide) groups is 1. The van der Waals surface area contributed by atoms with Crippen LogP contribution in [0.3, 0.4) is 0 Å². The van der Waals surface area contributed by atoms with Crippen LogP contribution in [0.25, 0.3) is 10.9 Å². The van der Waals surface area contributed by atoms with Crippen LogP contribution < -0.4 is 0 Å². The first-order valence-corrected chi connectivity index (χ1v) is 6.57. The van der Waals surface area contributed by atoms with Crippen molar-refractivity contribution < 1.29 is 4.42 Å². The van der Waals surface area contributed by atoms with E-state index < -0.39 is 0 Å². The Hall–Kier alpha value is -1.88. The highest BCUT2D eigenvalue weighted by atomic mass is 32.2. The molecule has 18 heavy (non-hydrogen) atoms. The summed E-state index contributed by atoms with van der Waals surface area (Å²) in [6.07, 6.45) is 1.81. The van der Waals surface area contributed by atoms with E-state index >= 15 is 0 Å². The van der Waals surface area contributed by atoms with E-state index in [9.17, 15) is 0 Å². The monoisotopic (exact) mass is 257 g/mol. The quantitative estimate of drug-likeness (QED) is 0.674. The van der Waals surface area contributed by atoms with Crippen molar-refractivity contribution in [1.82, 2.24) is 15.2 Å². The number of fused-ring (bicyclic) bond motifs is 1. The van der Waals surface area contributed by atoms with E-state index in [-0.39, 0.29) is 0 Å². The maximum absolute atomic E-state index is 5.35. The molecule has 0 atom stereocenters. The molecule has 0 aliphatic rings. The Kier molecular flexibility index (Phi) is 2.98. The number of rotatable bonds is 3. The van der Waals surface area contributed by atoms with Crippen LogP contribution in [0.2, 0.25) is 0 Å². The van der Waals surface area contributed by atoms with Crippen molar-refractivity contribution in [3.05, 3.63) is 48.3 Å². The number of para-hydroxylation sites is 1. The van der Waals surface area contributed by atoms with E-state index in [0.717, 1.165) is 15.8 Å². The molecule has 2 aromatic heterocycles. The van der Waals surface area contributed by atoms with E-state index in [2.05, 4.69) is 33.4 Å².